The van der Waals surface area contributed by atoms with Gasteiger partial charge in [-0.05, 0) is 86.2 Å². The summed E-state index contributed by atoms with van der Waals surface area (Å²) in [5, 5.41) is 0. The van der Waals surface area contributed by atoms with Crippen LogP contribution in [0.5, 0.6) is 0 Å². The van der Waals surface area contributed by atoms with Gasteiger partial charge in [0.25, 0.3) is 0 Å². The van der Waals surface area contributed by atoms with Gasteiger partial charge in [0.15, 0.2) is 0 Å². The minimum absolute atomic E-state index is 0.493. The first-order valence-electron chi connectivity index (χ1n) is 12.1. The van der Waals surface area contributed by atoms with Gasteiger partial charge in [0.2, 0.25) is 0 Å². The van der Waals surface area contributed by atoms with E-state index in [4.69, 9.17) is 4.74 Å². The van der Waals surface area contributed by atoms with Gasteiger partial charge in [-0.1, -0.05) is 63.1 Å². The summed E-state index contributed by atoms with van der Waals surface area (Å²) in [7, 11) is 0. The molecule has 3 aliphatic rings. The van der Waals surface area contributed by atoms with Gasteiger partial charge in [-0.25, -0.2) is 0 Å². The quantitative estimate of drug-likeness (QED) is 0.477. The van der Waals surface area contributed by atoms with E-state index in [1.54, 1.807) is 11.1 Å². The number of allylic oxidation sites excluding steroid dienone is 1. The molecule has 3 aliphatic carbocycles. The summed E-state index contributed by atoms with van der Waals surface area (Å²) in [6, 6.07) is 9.75. The van der Waals surface area contributed by atoms with Crippen molar-refractivity contribution in [2.45, 2.75) is 96.0 Å². The Morgan fingerprint density at radius 2 is 1.25 bits per heavy atom. The maximum absolute atomic E-state index is 6.30. The van der Waals surface area contributed by atoms with Crippen LogP contribution in [0, 0.1) is 17.8 Å². The van der Waals surface area contributed by atoms with Gasteiger partial charge in [-0.15, -0.1) is 0 Å². The highest BCUT2D eigenvalue weighted by Gasteiger charge is 2.25. The lowest BCUT2D eigenvalue weighted by atomic mass is 9.78. The van der Waals surface area contributed by atoms with Crippen molar-refractivity contribution in [1.82, 2.24) is 0 Å². The van der Waals surface area contributed by atoms with Crippen LogP contribution in [0.2, 0.25) is 0 Å². The van der Waals surface area contributed by atoms with E-state index in [-0.39, 0.29) is 0 Å². The Labute approximate surface area is 173 Å². The van der Waals surface area contributed by atoms with E-state index in [0.717, 1.165) is 30.3 Å². The molecule has 0 heterocycles. The topological polar surface area (TPSA) is 9.23 Å². The van der Waals surface area contributed by atoms with Crippen LogP contribution in [0.3, 0.4) is 0 Å². The first-order valence-corrected chi connectivity index (χ1v) is 12.1. The molecule has 2 atom stereocenters. The number of ether oxygens (including phenoxy) is 1. The van der Waals surface area contributed by atoms with Gasteiger partial charge in [0.1, 0.15) is 0 Å². The molecule has 0 N–H and O–H groups in total. The lowest BCUT2D eigenvalue weighted by Gasteiger charge is -2.31. The van der Waals surface area contributed by atoms with E-state index < -0.39 is 0 Å². The molecule has 0 aliphatic heterocycles. The highest BCUT2D eigenvalue weighted by atomic mass is 16.5. The summed E-state index contributed by atoms with van der Waals surface area (Å²) in [5.74, 6) is 3.91. The van der Waals surface area contributed by atoms with Gasteiger partial charge in [0, 0.05) is 5.92 Å². The summed E-state index contributed by atoms with van der Waals surface area (Å²) in [6.07, 6.45) is 18.6. The molecule has 1 heteroatoms. The number of benzene rings is 1. The molecule has 0 saturated heterocycles. The standard InChI is InChI=1S/C27H40O/c1-20-3-7-22(8-4-20)19-28-27-17-15-26(16-18-27)25-13-11-24(12-14-25)23-9-5-21(2)6-10-23/h3,7,11-14,20-23,26-27H,4-6,8-10,15-19H2,1-2H3. The molecule has 4 rings (SSSR count). The zero-order valence-corrected chi connectivity index (χ0v) is 18.1. The number of hydrogen-bond acceptors (Lipinski definition) is 1. The summed E-state index contributed by atoms with van der Waals surface area (Å²) in [5.41, 5.74) is 3.15. The van der Waals surface area contributed by atoms with Crippen LogP contribution < -0.4 is 0 Å². The number of hydrogen-bond donors (Lipinski definition) is 0. The van der Waals surface area contributed by atoms with Crippen molar-refractivity contribution in [1.29, 1.82) is 0 Å². The first kappa shape index (κ1) is 20.2. The Bertz CT molecular complexity index is 614. The number of rotatable bonds is 5. The molecule has 28 heavy (non-hydrogen) atoms. The molecule has 2 fully saturated rings. The van der Waals surface area contributed by atoms with Crippen molar-refractivity contribution in [2.24, 2.45) is 17.8 Å². The average molecular weight is 381 g/mol. The van der Waals surface area contributed by atoms with Crippen molar-refractivity contribution in [3.63, 3.8) is 0 Å². The summed E-state index contributed by atoms with van der Waals surface area (Å²) >= 11 is 0. The van der Waals surface area contributed by atoms with Crippen molar-refractivity contribution in [3.8, 4) is 0 Å². The predicted octanol–water partition coefficient (Wildman–Crippen LogP) is 7.63. The highest BCUT2D eigenvalue weighted by molar-refractivity contribution is 5.28. The highest BCUT2D eigenvalue weighted by Crippen LogP contribution is 2.38. The minimum Gasteiger partial charge on any atom is -0.378 e. The molecule has 1 aromatic carbocycles. The van der Waals surface area contributed by atoms with Crippen LogP contribution in [0.25, 0.3) is 0 Å². The monoisotopic (exact) mass is 380 g/mol. The molecule has 0 aromatic heterocycles. The van der Waals surface area contributed by atoms with Crippen LogP contribution >= 0.6 is 0 Å². The third-order valence-electron chi connectivity index (χ3n) is 7.82. The van der Waals surface area contributed by atoms with E-state index >= 15 is 0 Å². The second-order valence-electron chi connectivity index (χ2n) is 10.1. The summed E-state index contributed by atoms with van der Waals surface area (Å²) in [4.78, 5) is 0. The fourth-order valence-corrected chi connectivity index (χ4v) is 5.61. The van der Waals surface area contributed by atoms with Crippen molar-refractivity contribution >= 4 is 0 Å². The van der Waals surface area contributed by atoms with Gasteiger partial charge < -0.3 is 4.74 Å². The molecule has 0 bridgehead atoms. The zero-order valence-electron chi connectivity index (χ0n) is 18.1. The molecular weight excluding hydrogens is 340 g/mol. The Kier molecular flexibility index (Phi) is 6.94. The SMILES string of the molecule is CC1C=CC(COC2CCC(c3ccc(C4CCC(C)CC4)cc3)CC2)CC1. The van der Waals surface area contributed by atoms with Crippen molar-refractivity contribution < 1.29 is 4.74 Å². The third kappa shape index (κ3) is 5.29. The Morgan fingerprint density at radius 1 is 0.679 bits per heavy atom. The maximum atomic E-state index is 6.30. The maximum Gasteiger partial charge on any atom is 0.0575 e. The second-order valence-corrected chi connectivity index (χ2v) is 10.1. The van der Waals surface area contributed by atoms with Crippen LogP contribution in [0.4, 0.5) is 0 Å². The zero-order chi connectivity index (χ0) is 19.3. The van der Waals surface area contributed by atoms with Gasteiger partial charge in [-0.2, -0.15) is 0 Å². The van der Waals surface area contributed by atoms with Crippen LogP contribution in [-0.4, -0.2) is 12.7 Å². The predicted molar refractivity (Wildman–Crippen MR) is 119 cm³/mol. The second kappa shape index (κ2) is 9.61. The molecule has 0 amide bonds. The molecule has 1 aromatic rings. The van der Waals surface area contributed by atoms with E-state index in [1.807, 2.05) is 0 Å². The van der Waals surface area contributed by atoms with Crippen molar-refractivity contribution in [2.75, 3.05) is 6.61 Å². The third-order valence-corrected chi connectivity index (χ3v) is 7.82. The van der Waals surface area contributed by atoms with Gasteiger partial charge >= 0.3 is 0 Å². The molecular formula is C27H40O. The average Bonchev–Trinajstić information content (AvgIpc) is 2.74. The van der Waals surface area contributed by atoms with Crippen molar-refractivity contribution in [3.05, 3.63) is 47.5 Å². The van der Waals surface area contributed by atoms with E-state index in [2.05, 4.69) is 50.3 Å². The molecule has 0 radical (unpaired) electrons. The van der Waals surface area contributed by atoms with Crippen LogP contribution in [0.1, 0.15) is 101 Å². The smallest absolute Gasteiger partial charge is 0.0575 e. The lowest BCUT2D eigenvalue weighted by molar-refractivity contribution is 0.00942. The molecule has 154 valence electrons. The Morgan fingerprint density at radius 3 is 1.79 bits per heavy atom. The Hall–Kier alpha value is -1.08. The fourth-order valence-electron chi connectivity index (χ4n) is 5.61. The van der Waals surface area contributed by atoms with E-state index in [0.29, 0.717) is 12.0 Å². The Balaban J connectivity index is 1.22. The van der Waals surface area contributed by atoms with Crippen LogP contribution in [-0.2, 0) is 4.74 Å². The fraction of sp³-hybridized carbons (Fsp3) is 0.704. The van der Waals surface area contributed by atoms with Gasteiger partial charge in [0.05, 0.1) is 12.7 Å². The minimum atomic E-state index is 0.493. The molecule has 2 unspecified atom stereocenters. The van der Waals surface area contributed by atoms with E-state index in [9.17, 15) is 0 Å². The molecule has 1 nitrogen and oxygen atoms in total. The molecule has 0 spiro atoms. The van der Waals surface area contributed by atoms with E-state index in [1.165, 1.54) is 64.2 Å². The molecule has 2 saturated carbocycles. The lowest BCUT2D eigenvalue weighted by Crippen LogP contribution is -2.24. The van der Waals surface area contributed by atoms with Gasteiger partial charge in [-0.3, -0.25) is 0 Å². The first-order chi connectivity index (χ1) is 13.7. The normalized spacial score (nSPS) is 36.4. The largest absolute Gasteiger partial charge is 0.378 e. The van der Waals surface area contributed by atoms with Crippen LogP contribution in [0.15, 0.2) is 36.4 Å². The summed E-state index contributed by atoms with van der Waals surface area (Å²) in [6.45, 7) is 5.66. The summed E-state index contributed by atoms with van der Waals surface area (Å²) < 4.78 is 6.30.